The van der Waals surface area contributed by atoms with Gasteiger partial charge in [0.25, 0.3) is 0 Å². The first-order chi connectivity index (χ1) is 11.6. The minimum absolute atomic E-state index is 0.141. The molecule has 1 fully saturated rings. The molecule has 0 saturated carbocycles. The van der Waals surface area contributed by atoms with Crippen molar-refractivity contribution in [1.82, 2.24) is 10.3 Å². The Morgan fingerprint density at radius 3 is 2.50 bits per heavy atom. The highest BCUT2D eigenvalue weighted by Crippen LogP contribution is 2.22. The third-order valence-electron chi connectivity index (χ3n) is 4.34. The Morgan fingerprint density at radius 1 is 1.12 bits per heavy atom. The summed E-state index contributed by atoms with van der Waals surface area (Å²) in [6.07, 6.45) is 2.60. The molecule has 0 radical (unpaired) electrons. The zero-order valence-electron chi connectivity index (χ0n) is 14.2. The highest BCUT2D eigenvalue weighted by atomic mass is 32.1. The molecule has 1 aliphatic heterocycles. The molecule has 1 saturated heterocycles. The number of hydrogen-bond donors (Lipinski definition) is 2. The second-order valence-electron chi connectivity index (χ2n) is 6.27. The summed E-state index contributed by atoms with van der Waals surface area (Å²) in [5, 5.41) is 7.05. The molecule has 1 aromatic carbocycles. The highest BCUT2D eigenvalue weighted by Gasteiger charge is 2.13. The molecule has 0 aliphatic carbocycles. The predicted molar refractivity (Wildman–Crippen MR) is 105 cm³/mol. The number of benzene rings is 1. The minimum Gasteiger partial charge on any atom is -0.372 e. The van der Waals surface area contributed by atoms with Crippen LogP contribution >= 0.6 is 12.2 Å². The number of pyridine rings is 1. The Hall–Kier alpha value is -2.14. The van der Waals surface area contributed by atoms with Gasteiger partial charge in [-0.15, -0.1) is 0 Å². The number of rotatable bonds is 4. The number of anilines is 2. The van der Waals surface area contributed by atoms with Crippen LogP contribution in [-0.2, 0) is 0 Å². The van der Waals surface area contributed by atoms with Crippen molar-refractivity contribution in [3.63, 3.8) is 0 Å². The summed E-state index contributed by atoms with van der Waals surface area (Å²) in [7, 11) is 0. The van der Waals surface area contributed by atoms with Gasteiger partial charge in [0.05, 0.1) is 6.04 Å². The van der Waals surface area contributed by atoms with E-state index in [2.05, 4.69) is 51.7 Å². The number of nitrogens with zero attached hydrogens (tertiary/aromatic N) is 2. The third-order valence-corrected chi connectivity index (χ3v) is 4.56. The summed E-state index contributed by atoms with van der Waals surface area (Å²) in [5.41, 5.74) is 3.50. The maximum absolute atomic E-state index is 5.40. The number of thiocarbonyl (C=S) groups is 1. The van der Waals surface area contributed by atoms with Crippen molar-refractivity contribution in [1.29, 1.82) is 0 Å². The maximum Gasteiger partial charge on any atom is 0.172 e. The van der Waals surface area contributed by atoms with Crippen LogP contribution in [0.25, 0.3) is 0 Å². The van der Waals surface area contributed by atoms with Gasteiger partial charge in [-0.1, -0.05) is 18.2 Å². The summed E-state index contributed by atoms with van der Waals surface area (Å²) in [4.78, 5) is 6.85. The molecule has 1 atom stereocenters. The van der Waals surface area contributed by atoms with E-state index in [-0.39, 0.29) is 6.04 Å². The molecule has 1 aliphatic rings. The van der Waals surface area contributed by atoms with Gasteiger partial charge < -0.3 is 15.5 Å². The van der Waals surface area contributed by atoms with E-state index in [9.17, 15) is 0 Å². The van der Waals surface area contributed by atoms with Crippen LogP contribution in [0.2, 0.25) is 0 Å². The van der Waals surface area contributed by atoms with E-state index in [0.717, 1.165) is 11.5 Å². The van der Waals surface area contributed by atoms with Gasteiger partial charge in [0.15, 0.2) is 5.11 Å². The van der Waals surface area contributed by atoms with Gasteiger partial charge in [0.1, 0.15) is 5.82 Å². The van der Waals surface area contributed by atoms with Gasteiger partial charge in [-0.3, -0.25) is 0 Å². The van der Waals surface area contributed by atoms with E-state index in [1.807, 2.05) is 25.1 Å². The third kappa shape index (κ3) is 4.23. The fraction of sp³-hybridized carbons (Fsp3) is 0.368. The fourth-order valence-corrected chi connectivity index (χ4v) is 3.28. The van der Waals surface area contributed by atoms with Gasteiger partial charge >= 0.3 is 0 Å². The predicted octanol–water partition coefficient (Wildman–Crippen LogP) is 4.04. The largest absolute Gasteiger partial charge is 0.372 e. The fourth-order valence-electron chi connectivity index (χ4n) is 2.99. The molecule has 5 heteroatoms. The van der Waals surface area contributed by atoms with E-state index in [4.69, 9.17) is 12.2 Å². The van der Waals surface area contributed by atoms with Gasteiger partial charge in [0.2, 0.25) is 0 Å². The first kappa shape index (κ1) is 16.7. The van der Waals surface area contributed by atoms with Crippen molar-refractivity contribution in [2.45, 2.75) is 32.7 Å². The van der Waals surface area contributed by atoms with Crippen LogP contribution in [0.3, 0.4) is 0 Å². The number of nitrogens with one attached hydrogen (secondary N) is 2. The van der Waals surface area contributed by atoms with Crippen molar-refractivity contribution in [2.24, 2.45) is 0 Å². The molecule has 2 N–H and O–H groups in total. The van der Waals surface area contributed by atoms with Crippen LogP contribution in [0.1, 0.15) is 37.1 Å². The summed E-state index contributed by atoms with van der Waals surface area (Å²) in [6, 6.07) is 14.8. The summed E-state index contributed by atoms with van der Waals surface area (Å²) < 4.78 is 0. The Morgan fingerprint density at radius 2 is 1.83 bits per heavy atom. The molecule has 3 rings (SSSR count). The second kappa shape index (κ2) is 7.62. The molecule has 0 unspecified atom stereocenters. The molecule has 24 heavy (non-hydrogen) atoms. The molecule has 1 aromatic heterocycles. The molecular formula is C19H24N4S. The zero-order valence-corrected chi connectivity index (χ0v) is 15.1. The van der Waals surface area contributed by atoms with Crippen LogP contribution in [-0.4, -0.2) is 23.2 Å². The minimum atomic E-state index is 0.141. The first-order valence-electron chi connectivity index (χ1n) is 8.48. The first-order valence-corrected chi connectivity index (χ1v) is 8.89. The molecule has 0 amide bonds. The van der Waals surface area contributed by atoms with E-state index < -0.39 is 0 Å². The number of hydrogen-bond acceptors (Lipinski definition) is 3. The second-order valence-corrected chi connectivity index (χ2v) is 6.68. The SMILES string of the molecule is Cc1cccc(NC(=S)N[C@@H](C)c2ccc(N3CCCC3)cc2)n1. The van der Waals surface area contributed by atoms with Gasteiger partial charge in [-0.2, -0.15) is 0 Å². The molecular weight excluding hydrogens is 316 g/mol. The van der Waals surface area contributed by atoms with Crippen LogP contribution in [0, 0.1) is 6.92 Å². The van der Waals surface area contributed by atoms with Crippen LogP contribution in [0.5, 0.6) is 0 Å². The molecule has 126 valence electrons. The van der Waals surface area contributed by atoms with Crippen LogP contribution < -0.4 is 15.5 Å². The Balaban J connectivity index is 1.57. The number of aromatic nitrogens is 1. The van der Waals surface area contributed by atoms with E-state index in [1.54, 1.807) is 0 Å². The molecule has 4 nitrogen and oxygen atoms in total. The molecule has 0 bridgehead atoms. The lowest BCUT2D eigenvalue weighted by molar-refractivity contribution is 0.722. The monoisotopic (exact) mass is 340 g/mol. The van der Waals surface area contributed by atoms with E-state index >= 15 is 0 Å². The average Bonchev–Trinajstić information content (AvgIpc) is 3.09. The standard InChI is InChI=1S/C19H24N4S/c1-14-6-5-7-18(20-14)22-19(24)21-15(2)16-8-10-17(11-9-16)23-12-3-4-13-23/h5-11,15H,3-4,12-13H2,1-2H3,(H2,20,21,22,24)/t15-/m0/s1. The molecule has 2 heterocycles. The topological polar surface area (TPSA) is 40.2 Å². The van der Waals surface area contributed by atoms with Crippen LogP contribution in [0.15, 0.2) is 42.5 Å². The summed E-state index contributed by atoms with van der Waals surface area (Å²) >= 11 is 5.40. The lowest BCUT2D eigenvalue weighted by atomic mass is 10.1. The van der Waals surface area contributed by atoms with Crippen molar-refractivity contribution in [3.05, 3.63) is 53.7 Å². The number of aryl methyl sites for hydroxylation is 1. The molecule has 0 spiro atoms. The normalized spacial score (nSPS) is 15.2. The van der Waals surface area contributed by atoms with Crippen molar-refractivity contribution >= 4 is 28.8 Å². The van der Waals surface area contributed by atoms with E-state index in [1.165, 1.54) is 37.2 Å². The smallest absolute Gasteiger partial charge is 0.172 e. The Kier molecular flexibility index (Phi) is 5.30. The Labute approximate surface area is 149 Å². The van der Waals surface area contributed by atoms with Gasteiger partial charge in [0, 0.05) is 24.5 Å². The molecule has 2 aromatic rings. The average molecular weight is 340 g/mol. The van der Waals surface area contributed by atoms with Gasteiger partial charge in [-0.25, -0.2) is 4.98 Å². The zero-order chi connectivity index (χ0) is 16.9. The lowest BCUT2D eigenvalue weighted by Gasteiger charge is -2.20. The van der Waals surface area contributed by atoms with Crippen molar-refractivity contribution in [3.8, 4) is 0 Å². The van der Waals surface area contributed by atoms with Crippen LogP contribution in [0.4, 0.5) is 11.5 Å². The van der Waals surface area contributed by atoms with E-state index in [0.29, 0.717) is 5.11 Å². The quantitative estimate of drug-likeness (QED) is 0.822. The van der Waals surface area contributed by atoms with Gasteiger partial charge in [-0.05, 0) is 68.7 Å². The van der Waals surface area contributed by atoms with Crippen molar-refractivity contribution < 1.29 is 0 Å². The Bertz CT molecular complexity index is 693. The summed E-state index contributed by atoms with van der Waals surface area (Å²) in [6.45, 7) is 6.42. The maximum atomic E-state index is 5.40. The van der Waals surface area contributed by atoms with Crippen molar-refractivity contribution in [2.75, 3.05) is 23.3 Å². The summed E-state index contributed by atoms with van der Waals surface area (Å²) in [5.74, 6) is 0.768. The lowest BCUT2D eigenvalue weighted by Crippen LogP contribution is -2.31. The highest BCUT2D eigenvalue weighted by molar-refractivity contribution is 7.80.